The molecule has 0 aromatic carbocycles. The molecule has 0 aromatic heterocycles. The zero-order valence-electron chi connectivity index (χ0n) is 63.9. The Labute approximate surface area is 600 Å². The first-order valence-corrected chi connectivity index (χ1v) is 44.1. The van der Waals surface area contributed by atoms with Crippen molar-refractivity contribution in [2.45, 2.75) is 438 Å². The summed E-state index contributed by atoms with van der Waals surface area (Å²) in [5.74, 6) is -1.29. The highest BCUT2D eigenvalue weighted by atomic mass is 31.2. The summed E-state index contributed by atoms with van der Waals surface area (Å²) in [4.78, 5) is 72.8. The van der Waals surface area contributed by atoms with Crippen LogP contribution in [0.25, 0.3) is 0 Å². The van der Waals surface area contributed by atoms with Crippen LogP contribution < -0.4 is 0 Å². The molecule has 0 fully saturated rings. The van der Waals surface area contributed by atoms with Crippen LogP contribution >= 0.6 is 15.6 Å². The van der Waals surface area contributed by atoms with E-state index in [1.807, 2.05) is 0 Å². The lowest BCUT2D eigenvalue weighted by Gasteiger charge is -2.21. The zero-order chi connectivity index (χ0) is 71.9. The molecule has 0 aromatic rings. The molecule has 2 unspecified atom stereocenters. The molecule has 0 spiro atoms. The monoisotopic (exact) mass is 1440 g/mol. The normalized spacial score (nSPS) is 13.9. The molecule has 98 heavy (non-hydrogen) atoms. The number of carbonyl (C=O) groups is 4. The minimum atomic E-state index is -4.96. The van der Waals surface area contributed by atoms with Gasteiger partial charge in [0.2, 0.25) is 0 Å². The van der Waals surface area contributed by atoms with Gasteiger partial charge in [0.05, 0.1) is 26.4 Å². The Morgan fingerprint density at radius 1 is 0.276 bits per heavy atom. The van der Waals surface area contributed by atoms with E-state index in [1.54, 1.807) is 0 Å². The molecule has 0 saturated heterocycles. The molecule has 582 valence electrons. The first kappa shape index (κ1) is 96.1. The summed E-state index contributed by atoms with van der Waals surface area (Å²) in [5.41, 5.74) is 0. The van der Waals surface area contributed by atoms with Gasteiger partial charge in [-0.3, -0.25) is 37.3 Å². The standard InChI is InChI=1S/C79H154O17P2/c1-6-9-12-15-18-21-23-25-31-36-39-43-48-53-58-63-77(82)90-69-75(96-79(84)65-60-55-50-45-41-37-33-30-28-27-29-32-34-38-42-46-51-56-61-72(4)5)71-94-98(87,88)92-67-73(80)66-91-97(85,86)93-70-74(68-89-76(81)62-57-52-47-20-17-14-11-8-3)95-78(83)64-59-54-49-44-40-35-26-24-22-19-16-13-10-7-2/h72-75,80H,6-71H2,1-5H3,(H,85,86)(H,87,88)/t73-,74+,75+/m0/s1. The van der Waals surface area contributed by atoms with E-state index in [-0.39, 0.29) is 25.7 Å². The minimum Gasteiger partial charge on any atom is -0.462 e. The molecular weight excluding hydrogens is 1280 g/mol. The van der Waals surface area contributed by atoms with E-state index >= 15 is 0 Å². The Morgan fingerprint density at radius 2 is 0.469 bits per heavy atom. The number of rotatable bonds is 79. The molecule has 0 aliphatic heterocycles. The van der Waals surface area contributed by atoms with Gasteiger partial charge in [-0.05, 0) is 31.6 Å². The second-order valence-corrected chi connectivity index (χ2v) is 31.8. The van der Waals surface area contributed by atoms with Crippen LogP contribution in [0.4, 0.5) is 0 Å². The van der Waals surface area contributed by atoms with E-state index in [0.717, 1.165) is 102 Å². The summed E-state index contributed by atoms with van der Waals surface area (Å²) in [6.45, 7) is 7.33. The third-order valence-corrected chi connectivity index (χ3v) is 20.4. The van der Waals surface area contributed by atoms with E-state index in [2.05, 4.69) is 34.6 Å². The molecule has 0 amide bonds. The summed E-state index contributed by atoms with van der Waals surface area (Å²) in [7, 11) is -9.91. The average Bonchev–Trinajstić information content (AvgIpc) is 1.17. The van der Waals surface area contributed by atoms with Crippen LogP contribution in [0, 0.1) is 5.92 Å². The largest absolute Gasteiger partial charge is 0.472 e. The second-order valence-electron chi connectivity index (χ2n) is 28.9. The van der Waals surface area contributed by atoms with Gasteiger partial charge in [-0.15, -0.1) is 0 Å². The molecule has 17 nitrogen and oxygen atoms in total. The SMILES string of the molecule is CCCCCCCCCCCCCCCCCC(=O)OC[C@H](COP(=O)(O)OC[C@@H](O)COP(=O)(O)OC[C@@H](COC(=O)CCCCCCCCCC)OC(=O)CCCCCCCCCCCCCCCC)OC(=O)CCCCCCCCCCCCCCCCCCCCC(C)C. The maximum atomic E-state index is 13.1. The van der Waals surface area contributed by atoms with Gasteiger partial charge in [-0.2, -0.15) is 0 Å². The van der Waals surface area contributed by atoms with Crippen molar-refractivity contribution in [3.63, 3.8) is 0 Å². The van der Waals surface area contributed by atoms with E-state index in [4.69, 9.17) is 37.0 Å². The number of hydrogen-bond acceptors (Lipinski definition) is 15. The number of unbranched alkanes of at least 4 members (excludes halogenated alkanes) is 51. The topological polar surface area (TPSA) is 237 Å². The molecule has 19 heteroatoms. The molecule has 0 heterocycles. The number of phosphoric ester groups is 2. The van der Waals surface area contributed by atoms with Gasteiger partial charge in [0, 0.05) is 25.7 Å². The number of hydrogen-bond donors (Lipinski definition) is 3. The summed E-state index contributed by atoms with van der Waals surface area (Å²) >= 11 is 0. The van der Waals surface area contributed by atoms with E-state index in [0.29, 0.717) is 25.7 Å². The molecule has 0 rings (SSSR count). The van der Waals surface area contributed by atoms with Crippen molar-refractivity contribution >= 4 is 39.5 Å². The summed E-state index contributed by atoms with van der Waals surface area (Å²) in [6.07, 6.45) is 62.5. The maximum Gasteiger partial charge on any atom is 0.472 e. The van der Waals surface area contributed by atoms with Crippen molar-refractivity contribution in [2.24, 2.45) is 5.92 Å². The van der Waals surface area contributed by atoms with Crippen molar-refractivity contribution in [3.8, 4) is 0 Å². The lowest BCUT2D eigenvalue weighted by molar-refractivity contribution is -0.161. The Bertz CT molecular complexity index is 1870. The fourth-order valence-corrected chi connectivity index (χ4v) is 13.8. The summed E-state index contributed by atoms with van der Waals surface area (Å²) < 4.78 is 68.6. The van der Waals surface area contributed by atoms with Gasteiger partial charge in [-0.25, -0.2) is 9.13 Å². The highest BCUT2D eigenvalue weighted by Gasteiger charge is 2.30. The predicted molar refractivity (Wildman–Crippen MR) is 400 cm³/mol. The van der Waals surface area contributed by atoms with Crippen molar-refractivity contribution < 1.29 is 80.2 Å². The molecule has 0 aliphatic carbocycles. The number of aliphatic hydroxyl groups excluding tert-OH is 1. The fraction of sp³-hybridized carbons (Fsp3) is 0.949. The number of ether oxygens (including phenoxy) is 4. The van der Waals surface area contributed by atoms with Crippen molar-refractivity contribution in [2.75, 3.05) is 39.6 Å². The molecule has 0 bridgehead atoms. The van der Waals surface area contributed by atoms with E-state index < -0.39 is 97.5 Å². The molecule has 0 radical (unpaired) electrons. The van der Waals surface area contributed by atoms with Crippen molar-refractivity contribution in [1.29, 1.82) is 0 Å². The molecule has 0 saturated carbocycles. The molecule has 3 N–H and O–H groups in total. The number of carbonyl (C=O) groups excluding carboxylic acids is 4. The minimum absolute atomic E-state index is 0.108. The van der Waals surface area contributed by atoms with E-state index in [9.17, 15) is 43.2 Å². The van der Waals surface area contributed by atoms with E-state index in [1.165, 1.54) is 238 Å². The number of esters is 4. The maximum absolute atomic E-state index is 13.1. The fourth-order valence-electron chi connectivity index (χ4n) is 12.2. The first-order chi connectivity index (χ1) is 47.5. The molecular formula is C79H154O17P2. The van der Waals surface area contributed by atoms with Crippen LogP contribution in [-0.2, 0) is 65.4 Å². The lowest BCUT2D eigenvalue weighted by atomic mass is 10.0. The van der Waals surface area contributed by atoms with Gasteiger partial charge in [0.25, 0.3) is 0 Å². The van der Waals surface area contributed by atoms with Gasteiger partial charge in [0.15, 0.2) is 12.2 Å². The Hall–Kier alpha value is -1.94. The third-order valence-electron chi connectivity index (χ3n) is 18.5. The van der Waals surface area contributed by atoms with Gasteiger partial charge in [0.1, 0.15) is 19.3 Å². The number of aliphatic hydroxyl groups is 1. The Morgan fingerprint density at radius 3 is 0.694 bits per heavy atom. The average molecular weight is 1440 g/mol. The van der Waals surface area contributed by atoms with Gasteiger partial charge >= 0.3 is 39.5 Å². The quantitative estimate of drug-likeness (QED) is 0.0222. The Kier molecular flexibility index (Phi) is 70.6. The van der Waals surface area contributed by atoms with Crippen LogP contribution in [0.2, 0.25) is 0 Å². The van der Waals surface area contributed by atoms with Crippen LogP contribution in [0.1, 0.15) is 420 Å². The number of phosphoric acid groups is 2. The van der Waals surface area contributed by atoms with Crippen LogP contribution in [0.5, 0.6) is 0 Å². The van der Waals surface area contributed by atoms with Gasteiger partial charge in [-0.1, -0.05) is 369 Å². The molecule has 0 aliphatic rings. The zero-order valence-corrected chi connectivity index (χ0v) is 65.7. The van der Waals surface area contributed by atoms with Gasteiger partial charge < -0.3 is 33.8 Å². The smallest absolute Gasteiger partial charge is 0.462 e. The van der Waals surface area contributed by atoms with Crippen molar-refractivity contribution in [1.82, 2.24) is 0 Å². The third kappa shape index (κ3) is 72.4. The van der Waals surface area contributed by atoms with Crippen LogP contribution in [-0.4, -0.2) is 96.7 Å². The second kappa shape index (κ2) is 72.0. The lowest BCUT2D eigenvalue weighted by Crippen LogP contribution is -2.30. The van der Waals surface area contributed by atoms with Crippen LogP contribution in [0.15, 0.2) is 0 Å². The van der Waals surface area contributed by atoms with Crippen molar-refractivity contribution in [3.05, 3.63) is 0 Å². The van der Waals surface area contributed by atoms with Crippen LogP contribution in [0.3, 0.4) is 0 Å². The Balaban J connectivity index is 5.18. The highest BCUT2D eigenvalue weighted by molar-refractivity contribution is 7.47. The summed E-state index contributed by atoms with van der Waals surface area (Å²) in [6, 6.07) is 0. The highest BCUT2D eigenvalue weighted by Crippen LogP contribution is 2.45. The first-order valence-electron chi connectivity index (χ1n) is 41.1. The molecule has 5 atom stereocenters. The predicted octanol–water partition coefficient (Wildman–Crippen LogP) is 23.6. The summed E-state index contributed by atoms with van der Waals surface area (Å²) in [5, 5.41) is 10.6.